The van der Waals surface area contributed by atoms with E-state index >= 15 is 0 Å². The van der Waals surface area contributed by atoms with E-state index in [4.69, 9.17) is 0 Å². The van der Waals surface area contributed by atoms with E-state index in [2.05, 4.69) is 36.2 Å². The maximum absolute atomic E-state index is 13.2. The van der Waals surface area contributed by atoms with Crippen molar-refractivity contribution in [3.63, 3.8) is 0 Å². The number of carbonyl (C=O) groups is 1. The quantitative estimate of drug-likeness (QED) is 0.806. The Morgan fingerprint density at radius 1 is 1.00 bits per heavy atom. The Labute approximate surface area is 177 Å². The number of likely N-dealkylation sites (N-methyl/N-ethyl adjacent to an activating group) is 1. The van der Waals surface area contributed by atoms with Crippen molar-refractivity contribution in [2.75, 3.05) is 13.1 Å². The first-order valence-corrected chi connectivity index (χ1v) is 11.2. The Hall–Kier alpha value is -2.60. The predicted octanol–water partition coefficient (Wildman–Crippen LogP) is 4.13. The van der Waals surface area contributed by atoms with Crippen molar-refractivity contribution in [2.24, 2.45) is 5.92 Å². The molecule has 1 aliphatic heterocycles. The Balaban J connectivity index is 1.94. The largest absolute Gasteiger partial charge is 0.503 e. The van der Waals surface area contributed by atoms with Crippen LogP contribution in [0, 0.1) is 5.92 Å². The van der Waals surface area contributed by atoms with Crippen molar-refractivity contribution in [1.29, 1.82) is 0 Å². The minimum absolute atomic E-state index is 0.107. The minimum Gasteiger partial charge on any atom is -0.503 e. The number of pyridine rings is 1. The second kappa shape index (κ2) is 8.64. The summed E-state index contributed by atoms with van der Waals surface area (Å²) in [6.07, 6.45) is 7.50. The maximum Gasteiger partial charge on any atom is 0.288 e. The molecule has 6 nitrogen and oxygen atoms in total. The van der Waals surface area contributed by atoms with Crippen LogP contribution in [0.2, 0.25) is 0 Å². The van der Waals surface area contributed by atoms with Gasteiger partial charge in [-0.3, -0.25) is 14.6 Å². The maximum atomic E-state index is 13.2. The van der Waals surface area contributed by atoms with Gasteiger partial charge >= 0.3 is 0 Å². The van der Waals surface area contributed by atoms with E-state index < -0.39 is 11.2 Å². The van der Waals surface area contributed by atoms with Gasteiger partial charge in [0, 0.05) is 31.3 Å². The van der Waals surface area contributed by atoms with Crippen LogP contribution >= 0.6 is 0 Å². The van der Waals surface area contributed by atoms with Crippen molar-refractivity contribution in [3.8, 4) is 5.75 Å². The van der Waals surface area contributed by atoms with Crippen LogP contribution in [-0.2, 0) is 0 Å². The highest BCUT2D eigenvalue weighted by Crippen LogP contribution is 2.46. The molecule has 2 aliphatic rings. The van der Waals surface area contributed by atoms with E-state index in [1.54, 1.807) is 11.2 Å². The smallest absolute Gasteiger partial charge is 0.288 e. The Morgan fingerprint density at radius 3 is 2.33 bits per heavy atom. The van der Waals surface area contributed by atoms with Gasteiger partial charge < -0.3 is 9.67 Å². The molecule has 1 amide bonds. The molecule has 4 rings (SSSR count). The van der Waals surface area contributed by atoms with Gasteiger partial charge in [0.05, 0.1) is 0 Å². The summed E-state index contributed by atoms with van der Waals surface area (Å²) < 4.78 is 1.85. The summed E-state index contributed by atoms with van der Waals surface area (Å²) in [7, 11) is 0. The highest BCUT2D eigenvalue weighted by Gasteiger charge is 2.44. The Bertz CT molecular complexity index is 950. The van der Waals surface area contributed by atoms with Gasteiger partial charge in [0.25, 0.3) is 5.91 Å². The summed E-state index contributed by atoms with van der Waals surface area (Å²) in [5.74, 6) is -0.144. The average molecular weight is 410 g/mol. The molecule has 1 N–H and O–H groups in total. The van der Waals surface area contributed by atoms with Crippen LogP contribution in [0.5, 0.6) is 5.75 Å². The highest BCUT2D eigenvalue weighted by atomic mass is 16.3. The summed E-state index contributed by atoms with van der Waals surface area (Å²) in [5.41, 5.74) is 0.835. The second-order valence-corrected chi connectivity index (χ2v) is 8.31. The van der Waals surface area contributed by atoms with Crippen LogP contribution in [-0.4, -0.2) is 38.7 Å². The first-order chi connectivity index (χ1) is 14.6. The number of aromatic hydroxyl groups is 1. The number of rotatable bonds is 5. The van der Waals surface area contributed by atoms with E-state index in [-0.39, 0.29) is 23.7 Å². The van der Waals surface area contributed by atoms with Crippen molar-refractivity contribution < 1.29 is 9.90 Å². The molecule has 1 fully saturated rings. The number of hydrazine groups is 1. The van der Waals surface area contributed by atoms with E-state index in [1.807, 2.05) is 17.6 Å². The lowest BCUT2D eigenvalue weighted by Crippen LogP contribution is -2.57. The molecule has 2 unspecified atom stereocenters. The van der Waals surface area contributed by atoms with Crippen molar-refractivity contribution >= 4 is 5.91 Å². The molecule has 1 saturated carbocycles. The van der Waals surface area contributed by atoms with Crippen LogP contribution in [0.3, 0.4) is 0 Å². The van der Waals surface area contributed by atoms with E-state index in [1.165, 1.54) is 30.9 Å². The molecule has 30 heavy (non-hydrogen) atoms. The normalized spacial score (nSPS) is 21.5. The van der Waals surface area contributed by atoms with Crippen LogP contribution in [0.4, 0.5) is 0 Å². The number of amides is 1. The van der Waals surface area contributed by atoms with E-state index in [9.17, 15) is 14.7 Å². The molecule has 0 radical (unpaired) electrons. The van der Waals surface area contributed by atoms with Gasteiger partial charge in [-0.15, -0.1) is 0 Å². The fraction of sp³-hybridized carbons (Fsp3) is 0.500. The van der Waals surface area contributed by atoms with Crippen molar-refractivity contribution in [2.45, 2.75) is 58.0 Å². The lowest BCUT2D eigenvalue weighted by atomic mass is 9.74. The van der Waals surface area contributed by atoms with Gasteiger partial charge in [-0.25, -0.2) is 0 Å². The van der Waals surface area contributed by atoms with Crippen LogP contribution < -0.4 is 5.43 Å². The SMILES string of the molecule is CCN1C(=O)c2c(O)c(=O)ccn2C(C(c2ccccc2)C2CCCCC2)N1CC. The van der Waals surface area contributed by atoms with Crippen LogP contribution in [0.15, 0.2) is 47.4 Å². The number of benzene rings is 1. The number of fused-ring (bicyclic) bond motifs is 1. The fourth-order valence-corrected chi connectivity index (χ4v) is 5.40. The third-order valence-corrected chi connectivity index (χ3v) is 6.73. The summed E-state index contributed by atoms with van der Waals surface area (Å²) in [6.45, 7) is 5.13. The molecular formula is C24H31N3O3. The predicted molar refractivity (Wildman–Crippen MR) is 116 cm³/mol. The number of aromatic nitrogens is 1. The van der Waals surface area contributed by atoms with Gasteiger partial charge in [-0.05, 0) is 31.2 Å². The molecular weight excluding hydrogens is 378 g/mol. The lowest BCUT2D eigenvalue weighted by molar-refractivity contribution is -0.0880. The number of carbonyl (C=O) groups excluding carboxylic acids is 1. The third-order valence-electron chi connectivity index (χ3n) is 6.73. The van der Waals surface area contributed by atoms with Gasteiger partial charge in [0.2, 0.25) is 5.43 Å². The summed E-state index contributed by atoms with van der Waals surface area (Å²) in [4.78, 5) is 25.4. The van der Waals surface area contributed by atoms with Crippen molar-refractivity contribution in [3.05, 3.63) is 64.1 Å². The number of hydrogen-bond donors (Lipinski definition) is 1. The highest BCUT2D eigenvalue weighted by molar-refractivity contribution is 5.95. The summed E-state index contributed by atoms with van der Waals surface area (Å²) >= 11 is 0. The minimum atomic E-state index is -0.511. The summed E-state index contributed by atoms with van der Waals surface area (Å²) in [5, 5.41) is 14.4. The van der Waals surface area contributed by atoms with Crippen LogP contribution in [0.1, 0.15) is 74.1 Å². The van der Waals surface area contributed by atoms with Gasteiger partial charge in [0.1, 0.15) is 6.17 Å². The molecule has 0 bridgehead atoms. The second-order valence-electron chi connectivity index (χ2n) is 8.31. The fourth-order valence-electron chi connectivity index (χ4n) is 5.40. The third kappa shape index (κ3) is 3.43. The molecule has 160 valence electrons. The Morgan fingerprint density at radius 2 is 1.70 bits per heavy atom. The summed E-state index contributed by atoms with van der Waals surface area (Å²) in [6, 6.07) is 11.9. The average Bonchev–Trinajstić information content (AvgIpc) is 2.78. The van der Waals surface area contributed by atoms with Gasteiger partial charge in [-0.1, -0.05) is 56.5 Å². The number of nitrogens with zero attached hydrogens (tertiary/aromatic N) is 3. The van der Waals surface area contributed by atoms with E-state index in [0.717, 1.165) is 12.8 Å². The first kappa shape index (κ1) is 20.7. The topological polar surface area (TPSA) is 65.8 Å². The molecule has 0 spiro atoms. The first-order valence-electron chi connectivity index (χ1n) is 11.2. The molecule has 6 heteroatoms. The molecule has 1 aromatic carbocycles. The molecule has 1 aliphatic carbocycles. The molecule has 2 atom stereocenters. The van der Waals surface area contributed by atoms with Gasteiger partial charge in [-0.2, -0.15) is 5.01 Å². The van der Waals surface area contributed by atoms with Gasteiger partial charge in [0.15, 0.2) is 11.4 Å². The molecule has 0 saturated heterocycles. The molecule has 2 heterocycles. The van der Waals surface area contributed by atoms with Crippen LogP contribution in [0.25, 0.3) is 0 Å². The standard InChI is InChI=1S/C24H31N3O3/c1-3-26-23(20(17-11-7-5-8-12-17)18-13-9-6-10-14-18)25-16-15-19(28)22(29)21(25)24(30)27(26)4-2/h5,7-8,11-12,15-16,18,20,23,29H,3-4,6,9-10,13-14H2,1-2H3. The zero-order chi connectivity index (χ0) is 21.3. The zero-order valence-corrected chi connectivity index (χ0v) is 17.8. The zero-order valence-electron chi connectivity index (χ0n) is 17.8. The lowest BCUT2D eigenvalue weighted by Gasteiger charge is -2.50. The molecule has 2 aromatic rings. The van der Waals surface area contributed by atoms with E-state index in [0.29, 0.717) is 19.0 Å². The van der Waals surface area contributed by atoms with Crippen molar-refractivity contribution in [1.82, 2.24) is 14.6 Å². The number of hydrogen-bond acceptors (Lipinski definition) is 4. The Kier molecular flexibility index (Phi) is 5.95. The molecule has 1 aromatic heterocycles. The monoisotopic (exact) mass is 409 g/mol.